The molecule has 1 aliphatic heterocycles. The molecule has 9 nitrogen and oxygen atoms in total. The Labute approximate surface area is 202 Å². The van der Waals surface area contributed by atoms with Crippen LogP contribution in [0.3, 0.4) is 0 Å². The SMILES string of the molecule is CCc1nncn1CCNC(=NCc1ccco1)NCC1CN(CC(C)C)CCO1.I. The molecule has 1 saturated heterocycles. The number of nitrogens with zero attached hydrogens (tertiary/aromatic N) is 5. The lowest BCUT2D eigenvalue weighted by Gasteiger charge is -2.34. The molecule has 10 heteroatoms. The summed E-state index contributed by atoms with van der Waals surface area (Å²) in [7, 11) is 0. The van der Waals surface area contributed by atoms with Gasteiger partial charge < -0.3 is 24.4 Å². The van der Waals surface area contributed by atoms with E-state index in [0.29, 0.717) is 19.0 Å². The minimum Gasteiger partial charge on any atom is -0.467 e. The average molecular weight is 545 g/mol. The van der Waals surface area contributed by atoms with Crippen LogP contribution >= 0.6 is 24.0 Å². The van der Waals surface area contributed by atoms with E-state index >= 15 is 0 Å². The fourth-order valence-corrected chi connectivity index (χ4v) is 3.56. The zero-order chi connectivity index (χ0) is 21.2. The number of aryl methyl sites for hydroxylation is 1. The molecule has 0 bridgehead atoms. The summed E-state index contributed by atoms with van der Waals surface area (Å²) in [5.41, 5.74) is 0. The van der Waals surface area contributed by atoms with Crippen molar-refractivity contribution in [2.45, 2.75) is 46.4 Å². The predicted molar refractivity (Wildman–Crippen MR) is 132 cm³/mol. The van der Waals surface area contributed by atoms with Gasteiger partial charge in [-0.15, -0.1) is 34.2 Å². The smallest absolute Gasteiger partial charge is 0.191 e. The highest BCUT2D eigenvalue weighted by Gasteiger charge is 2.21. The summed E-state index contributed by atoms with van der Waals surface area (Å²) in [6.07, 6.45) is 4.46. The molecule has 0 aromatic carbocycles. The van der Waals surface area contributed by atoms with Crippen molar-refractivity contribution in [2.75, 3.05) is 39.3 Å². The van der Waals surface area contributed by atoms with E-state index in [1.165, 1.54) is 0 Å². The summed E-state index contributed by atoms with van der Waals surface area (Å²) in [6.45, 7) is 13.1. The standard InChI is InChI=1S/C21H35N7O2.HI/c1-4-20-26-25-16-28(20)8-7-22-21(23-12-18-6-5-10-29-18)24-13-19-15-27(9-11-30-19)14-17(2)3;/h5-6,10,16-17,19H,4,7-9,11-15H2,1-3H3,(H2,22,23,24);1H. The van der Waals surface area contributed by atoms with Crippen molar-refractivity contribution in [2.24, 2.45) is 10.9 Å². The molecule has 31 heavy (non-hydrogen) atoms. The summed E-state index contributed by atoms with van der Waals surface area (Å²) >= 11 is 0. The lowest BCUT2D eigenvalue weighted by molar-refractivity contribution is -0.0284. The van der Waals surface area contributed by atoms with E-state index in [9.17, 15) is 0 Å². The maximum Gasteiger partial charge on any atom is 0.191 e. The number of hydrogen-bond acceptors (Lipinski definition) is 6. The quantitative estimate of drug-likeness (QED) is 0.269. The van der Waals surface area contributed by atoms with Crippen LogP contribution in [0, 0.1) is 5.92 Å². The molecule has 1 fully saturated rings. The molecular formula is C21H36IN7O2. The van der Waals surface area contributed by atoms with E-state index in [1.807, 2.05) is 12.1 Å². The molecule has 174 valence electrons. The third kappa shape index (κ3) is 8.77. The largest absolute Gasteiger partial charge is 0.467 e. The summed E-state index contributed by atoms with van der Waals surface area (Å²) in [6, 6.07) is 3.81. The zero-order valence-electron chi connectivity index (χ0n) is 18.8. The summed E-state index contributed by atoms with van der Waals surface area (Å²) in [5, 5.41) is 15.0. The molecule has 0 aliphatic carbocycles. The maximum absolute atomic E-state index is 5.96. The molecule has 0 spiro atoms. The van der Waals surface area contributed by atoms with Crippen LogP contribution in [-0.4, -0.2) is 71.1 Å². The van der Waals surface area contributed by atoms with Crippen molar-refractivity contribution in [1.29, 1.82) is 0 Å². The van der Waals surface area contributed by atoms with Crippen LogP contribution in [0.1, 0.15) is 32.4 Å². The van der Waals surface area contributed by atoms with Crippen molar-refractivity contribution in [3.63, 3.8) is 0 Å². The Kier molecular flexibility index (Phi) is 11.3. The second-order valence-corrected chi connectivity index (χ2v) is 7.99. The maximum atomic E-state index is 5.96. The number of ether oxygens (including phenoxy) is 1. The highest BCUT2D eigenvalue weighted by Crippen LogP contribution is 2.07. The first kappa shape index (κ1) is 25.6. The zero-order valence-corrected chi connectivity index (χ0v) is 21.1. The van der Waals surface area contributed by atoms with Gasteiger partial charge in [0, 0.05) is 45.7 Å². The Balaban J connectivity index is 0.00000341. The van der Waals surface area contributed by atoms with Crippen molar-refractivity contribution >= 4 is 29.9 Å². The number of hydrogen-bond donors (Lipinski definition) is 2. The van der Waals surface area contributed by atoms with Crippen LogP contribution in [0.25, 0.3) is 0 Å². The number of aliphatic imine (C=N–C) groups is 1. The van der Waals surface area contributed by atoms with Crippen LogP contribution in [0.4, 0.5) is 0 Å². The third-order valence-electron chi connectivity index (χ3n) is 4.97. The van der Waals surface area contributed by atoms with Crippen LogP contribution in [0.5, 0.6) is 0 Å². The van der Waals surface area contributed by atoms with Gasteiger partial charge >= 0.3 is 0 Å². The molecule has 2 aromatic rings. The molecule has 1 unspecified atom stereocenters. The molecule has 2 N–H and O–H groups in total. The number of nitrogens with one attached hydrogen (secondary N) is 2. The van der Waals surface area contributed by atoms with Gasteiger partial charge in [0.25, 0.3) is 0 Å². The van der Waals surface area contributed by atoms with E-state index < -0.39 is 0 Å². The lowest BCUT2D eigenvalue weighted by atomic mass is 10.2. The Bertz CT molecular complexity index is 764. The van der Waals surface area contributed by atoms with Gasteiger partial charge in [-0.1, -0.05) is 20.8 Å². The predicted octanol–water partition coefficient (Wildman–Crippen LogP) is 2.14. The number of halogens is 1. The van der Waals surface area contributed by atoms with Gasteiger partial charge in [-0.3, -0.25) is 4.90 Å². The van der Waals surface area contributed by atoms with E-state index in [2.05, 4.69) is 56.1 Å². The molecule has 0 amide bonds. The van der Waals surface area contributed by atoms with Crippen molar-refractivity contribution in [3.8, 4) is 0 Å². The number of rotatable bonds is 10. The highest BCUT2D eigenvalue weighted by molar-refractivity contribution is 14.0. The molecule has 0 radical (unpaired) electrons. The fraction of sp³-hybridized carbons (Fsp3) is 0.667. The summed E-state index contributed by atoms with van der Waals surface area (Å²) in [5.74, 6) is 3.23. The van der Waals surface area contributed by atoms with E-state index in [-0.39, 0.29) is 30.1 Å². The number of guanidine groups is 1. The van der Waals surface area contributed by atoms with E-state index in [4.69, 9.17) is 9.15 Å². The number of furan rings is 1. The summed E-state index contributed by atoms with van der Waals surface area (Å²) in [4.78, 5) is 7.15. The topological polar surface area (TPSA) is 92.7 Å². The lowest BCUT2D eigenvalue weighted by Crippen LogP contribution is -2.50. The van der Waals surface area contributed by atoms with Gasteiger partial charge in [0.05, 0.1) is 19.0 Å². The minimum absolute atomic E-state index is 0. The Hall–Kier alpha value is -1.66. The number of aromatic nitrogens is 3. The van der Waals surface area contributed by atoms with Crippen molar-refractivity contribution in [1.82, 2.24) is 30.3 Å². The fourth-order valence-electron chi connectivity index (χ4n) is 3.56. The van der Waals surface area contributed by atoms with E-state index in [0.717, 1.165) is 63.3 Å². The second-order valence-electron chi connectivity index (χ2n) is 7.99. The molecule has 0 saturated carbocycles. The number of morpholine rings is 1. The van der Waals surface area contributed by atoms with Gasteiger partial charge in [-0.25, -0.2) is 4.99 Å². The first-order chi connectivity index (χ1) is 14.6. The Morgan fingerprint density at radius 1 is 1.35 bits per heavy atom. The van der Waals surface area contributed by atoms with Crippen LogP contribution < -0.4 is 10.6 Å². The monoisotopic (exact) mass is 545 g/mol. The molecular weight excluding hydrogens is 509 g/mol. The van der Waals surface area contributed by atoms with Crippen molar-refractivity contribution in [3.05, 3.63) is 36.3 Å². The molecule has 3 rings (SSSR count). The van der Waals surface area contributed by atoms with Gasteiger partial charge in [0.2, 0.25) is 0 Å². The second kappa shape index (κ2) is 13.7. The van der Waals surface area contributed by atoms with E-state index in [1.54, 1.807) is 12.6 Å². The van der Waals surface area contributed by atoms with Gasteiger partial charge in [-0.05, 0) is 18.1 Å². The van der Waals surface area contributed by atoms with Gasteiger partial charge in [-0.2, -0.15) is 0 Å². The van der Waals surface area contributed by atoms with Gasteiger partial charge in [0.1, 0.15) is 24.5 Å². The van der Waals surface area contributed by atoms with Gasteiger partial charge in [0.15, 0.2) is 5.96 Å². The summed E-state index contributed by atoms with van der Waals surface area (Å²) < 4.78 is 13.4. The third-order valence-corrected chi connectivity index (χ3v) is 4.97. The molecule has 1 aliphatic rings. The van der Waals surface area contributed by atoms with Crippen molar-refractivity contribution < 1.29 is 9.15 Å². The van der Waals surface area contributed by atoms with Crippen LogP contribution in [-0.2, 0) is 24.2 Å². The molecule has 3 heterocycles. The normalized spacial score (nSPS) is 17.5. The minimum atomic E-state index is 0. The average Bonchev–Trinajstić information content (AvgIpc) is 3.41. The van der Waals surface area contributed by atoms with Crippen LogP contribution in [0.2, 0.25) is 0 Å². The first-order valence-corrected chi connectivity index (χ1v) is 10.9. The highest BCUT2D eigenvalue weighted by atomic mass is 127. The molecule has 2 aromatic heterocycles. The Morgan fingerprint density at radius 2 is 2.23 bits per heavy atom. The first-order valence-electron chi connectivity index (χ1n) is 10.9. The van der Waals surface area contributed by atoms with Crippen LogP contribution in [0.15, 0.2) is 34.1 Å². The Morgan fingerprint density at radius 3 is 2.97 bits per heavy atom. The molecule has 1 atom stereocenters.